The number of nitrogens with one attached hydrogen (secondary N) is 1. The Hall–Kier alpha value is -2.17. The minimum absolute atomic E-state index is 0.0180. The van der Waals surface area contributed by atoms with Gasteiger partial charge in [-0.3, -0.25) is 9.59 Å². The molecule has 0 unspecified atom stereocenters. The summed E-state index contributed by atoms with van der Waals surface area (Å²) in [5.41, 5.74) is 0.541. The van der Waals surface area contributed by atoms with E-state index in [-0.39, 0.29) is 23.4 Å². The monoisotopic (exact) mass is 327 g/mol. The molecule has 2 aromatic rings. The van der Waals surface area contributed by atoms with Gasteiger partial charge in [0.1, 0.15) is 0 Å². The molecule has 1 saturated carbocycles. The molecule has 3 rings (SSSR count). The molecule has 0 bridgehead atoms. The predicted molar refractivity (Wildman–Crippen MR) is 95.0 cm³/mol. The van der Waals surface area contributed by atoms with E-state index in [2.05, 4.69) is 24.3 Å². The van der Waals surface area contributed by atoms with Crippen molar-refractivity contribution in [3.05, 3.63) is 40.3 Å². The summed E-state index contributed by atoms with van der Waals surface area (Å²) in [5, 5.41) is 9.03. The minimum atomic E-state index is -0.0748. The van der Waals surface area contributed by atoms with E-state index in [0.717, 1.165) is 31.1 Å². The maximum absolute atomic E-state index is 12.6. The van der Waals surface area contributed by atoms with Gasteiger partial charge in [0.25, 0.3) is 5.56 Å². The molecular formula is C19H25N3O2. The van der Waals surface area contributed by atoms with Gasteiger partial charge in [-0.25, -0.2) is 4.68 Å². The first-order chi connectivity index (χ1) is 11.5. The lowest BCUT2D eigenvalue weighted by molar-refractivity contribution is -0.123. The third kappa shape index (κ3) is 3.35. The van der Waals surface area contributed by atoms with E-state index in [1.165, 1.54) is 11.1 Å². The van der Waals surface area contributed by atoms with Crippen LogP contribution in [0.25, 0.3) is 10.8 Å². The summed E-state index contributed by atoms with van der Waals surface area (Å²) in [7, 11) is 0. The summed E-state index contributed by atoms with van der Waals surface area (Å²) in [6.45, 7) is 4.76. The molecule has 1 aromatic heterocycles. The number of nitrogens with zero attached hydrogens (tertiary/aromatic N) is 2. The van der Waals surface area contributed by atoms with Crippen LogP contribution in [0.4, 0.5) is 0 Å². The molecule has 0 spiro atoms. The molecule has 1 aliphatic rings. The zero-order chi connectivity index (χ0) is 17.2. The number of fused-ring (bicyclic) bond motifs is 1. The van der Waals surface area contributed by atoms with Gasteiger partial charge < -0.3 is 5.32 Å². The molecule has 24 heavy (non-hydrogen) atoms. The number of carbonyl (C=O) groups is 1. The summed E-state index contributed by atoms with van der Waals surface area (Å²) in [5.74, 6) is -0.0180. The van der Waals surface area contributed by atoms with Crippen molar-refractivity contribution in [1.82, 2.24) is 15.1 Å². The lowest BCUT2D eigenvalue weighted by atomic mass is 9.78. The first kappa shape index (κ1) is 16.7. The molecule has 0 atom stereocenters. The second-order valence-electron chi connectivity index (χ2n) is 7.01. The molecule has 0 aliphatic heterocycles. The van der Waals surface area contributed by atoms with Crippen molar-refractivity contribution in [2.45, 2.75) is 64.5 Å². The van der Waals surface area contributed by atoms with E-state index in [9.17, 15) is 9.59 Å². The fraction of sp³-hybridized carbons (Fsp3) is 0.526. The van der Waals surface area contributed by atoms with Gasteiger partial charge in [0.15, 0.2) is 0 Å². The number of unbranched alkanes of at least 4 members (excludes halogenated alkanes) is 1. The molecule has 1 N–H and O–H groups in total. The van der Waals surface area contributed by atoms with E-state index in [1.807, 2.05) is 24.3 Å². The maximum Gasteiger partial charge on any atom is 0.274 e. The number of hydrogen-bond acceptors (Lipinski definition) is 3. The number of hydrogen-bond donors (Lipinski definition) is 1. The Morgan fingerprint density at radius 1 is 1.29 bits per heavy atom. The highest BCUT2D eigenvalue weighted by Crippen LogP contribution is 2.31. The molecule has 1 aliphatic carbocycles. The van der Waals surface area contributed by atoms with Crippen LogP contribution >= 0.6 is 0 Å². The van der Waals surface area contributed by atoms with Gasteiger partial charge in [0.05, 0.1) is 17.5 Å². The van der Waals surface area contributed by atoms with Crippen molar-refractivity contribution >= 4 is 16.7 Å². The summed E-state index contributed by atoms with van der Waals surface area (Å²) >= 11 is 0. The summed E-state index contributed by atoms with van der Waals surface area (Å²) in [4.78, 5) is 25.0. The number of amides is 1. The van der Waals surface area contributed by atoms with E-state index < -0.39 is 0 Å². The Kier molecular flexibility index (Phi) is 4.69. The number of carbonyl (C=O) groups excluding carboxylic acids is 1. The van der Waals surface area contributed by atoms with Gasteiger partial charge in [-0.05, 0) is 38.7 Å². The Morgan fingerprint density at radius 2 is 2.00 bits per heavy atom. The van der Waals surface area contributed by atoms with Crippen molar-refractivity contribution in [1.29, 1.82) is 0 Å². The van der Waals surface area contributed by atoms with Crippen LogP contribution in [-0.2, 0) is 17.8 Å². The SMILES string of the molecule is CCCCn1nc(CC(=O)NC2(C)CCC2)c2ccccc2c1=O. The number of aromatic nitrogens is 2. The lowest BCUT2D eigenvalue weighted by Crippen LogP contribution is -2.51. The third-order valence-corrected chi connectivity index (χ3v) is 4.89. The smallest absolute Gasteiger partial charge is 0.274 e. The molecule has 0 radical (unpaired) electrons. The van der Waals surface area contributed by atoms with Gasteiger partial charge in [0.2, 0.25) is 5.91 Å². The summed E-state index contributed by atoms with van der Waals surface area (Å²) < 4.78 is 1.51. The van der Waals surface area contributed by atoms with E-state index in [1.54, 1.807) is 0 Å². The van der Waals surface area contributed by atoms with Gasteiger partial charge in [0, 0.05) is 17.5 Å². The number of aryl methyl sites for hydroxylation is 1. The highest BCUT2D eigenvalue weighted by atomic mass is 16.2. The van der Waals surface area contributed by atoms with Gasteiger partial charge in [-0.15, -0.1) is 0 Å². The third-order valence-electron chi connectivity index (χ3n) is 4.89. The predicted octanol–water partition coefficient (Wildman–Crippen LogP) is 2.80. The van der Waals surface area contributed by atoms with Crippen molar-refractivity contribution in [3.8, 4) is 0 Å². The first-order valence-electron chi connectivity index (χ1n) is 8.82. The fourth-order valence-electron chi connectivity index (χ4n) is 3.26. The van der Waals surface area contributed by atoms with Crippen LogP contribution in [0.3, 0.4) is 0 Å². The highest BCUT2D eigenvalue weighted by molar-refractivity contribution is 5.88. The molecule has 1 fully saturated rings. The molecule has 128 valence electrons. The molecule has 1 amide bonds. The van der Waals surface area contributed by atoms with Crippen LogP contribution in [0.15, 0.2) is 29.1 Å². The molecule has 5 nitrogen and oxygen atoms in total. The van der Waals surface area contributed by atoms with Crippen LogP contribution in [0.1, 0.15) is 51.6 Å². The van der Waals surface area contributed by atoms with Gasteiger partial charge in [-0.1, -0.05) is 31.5 Å². The fourth-order valence-corrected chi connectivity index (χ4v) is 3.26. The average Bonchev–Trinajstić information content (AvgIpc) is 2.55. The Labute approximate surface area is 142 Å². The highest BCUT2D eigenvalue weighted by Gasteiger charge is 2.33. The first-order valence-corrected chi connectivity index (χ1v) is 8.82. The Bertz CT molecular complexity index is 806. The average molecular weight is 327 g/mol. The van der Waals surface area contributed by atoms with Crippen LogP contribution in [0.2, 0.25) is 0 Å². The number of rotatable bonds is 6. The molecule has 5 heteroatoms. The summed E-state index contributed by atoms with van der Waals surface area (Å²) in [6, 6.07) is 7.43. The van der Waals surface area contributed by atoms with Gasteiger partial charge in [-0.2, -0.15) is 5.10 Å². The van der Waals surface area contributed by atoms with E-state index in [0.29, 0.717) is 17.6 Å². The van der Waals surface area contributed by atoms with E-state index >= 15 is 0 Å². The Balaban J connectivity index is 1.92. The topological polar surface area (TPSA) is 64.0 Å². The van der Waals surface area contributed by atoms with Crippen molar-refractivity contribution in [2.24, 2.45) is 0 Å². The van der Waals surface area contributed by atoms with Gasteiger partial charge >= 0.3 is 0 Å². The Morgan fingerprint density at radius 3 is 2.62 bits per heavy atom. The summed E-state index contributed by atoms with van der Waals surface area (Å²) in [6.07, 6.45) is 5.33. The minimum Gasteiger partial charge on any atom is -0.351 e. The molecule has 0 saturated heterocycles. The zero-order valence-corrected chi connectivity index (χ0v) is 14.5. The standard InChI is InChI=1S/C19H25N3O2/c1-3-4-12-22-18(24)15-9-6-5-8-14(15)16(21-22)13-17(23)20-19(2)10-7-11-19/h5-6,8-9H,3-4,7,10-13H2,1-2H3,(H,20,23). The lowest BCUT2D eigenvalue weighted by Gasteiger charge is -2.39. The van der Waals surface area contributed by atoms with Crippen LogP contribution < -0.4 is 10.9 Å². The number of benzene rings is 1. The van der Waals surface area contributed by atoms with Crippen molar-refractivity contribution in [2.75, 3.05) is 0 Å². The van der Waals surface area contributed by atoms with Crippen LogP contribution in [0.5, 0.6) is 0 Å². The quantitative estimate of drug-likeness (QED) is 0.887. The maximum atomic E-state index is 12.6. The normalized spacial score (nSPS) is 15.9. The second kappa shape index (κ2) is 6.75. The zero-order valence-electron chi connectivity index (χ0n) is 14.5. The second-order valence-corrected chi connectivity index (χ2v) is 7.01. The molecule has 1 aromatic carbocycles. The van der Waals surface area contributed by atoms with Crippen molar-refractivity contribution in [3.63, 3.8) is 0 Å². The molecular weight excluding hydrogens is 302 g/mol. The van der Waals surface area contributed by atoms with E-state index in [4.69, 9.17) is 0 Å². The van der Waals surface area contributed by atoms with Crippen LogP contribution in [0, 0.1) is 0 Å². The van der Waals surface area contributed by atoms with Crippen molar-refractivity contribution < 1.29 is 4.79 Å². The van der Waals surface area contributed by atoms with Crippen LogP contribution in [-0.4, -0.2) is 21.2 Å². The molecule has 1 heterocycles. The largest absolute Gasteiger partial charge is 0.351 e.